The molecule has 0 aliphatic carbocycles. The molecule has 0 radical (unpaired) electrons. The van der Waals surface area contributed by atoms with Gasteiger partial charge in [0.2, 0.25) is 11.8 Å². The third-order valence-electron chi connectivity index (χ3n) is 6.17. The van der Waals surface area contributed by atoms with Gasteiger partial charge in [0.05, 0.1) is 0 Å². The topological polar surface area (TPSA) is 78.5 Å². The number of thioether (sulfide) groups is 1. The van der Waals surface area contributed by atoms with E-state index in [9.17, 15) is 14.4 Å². The average Bonchev–Trinajstić information content (AvgIpc) is 3.20. The van der Waals surface area contributed by atoms with E-state index in [-0.39, 0.29) is 29.0 Å². The van der Waals surface area contributed by atoms with E-state index in [0.717, 1.165) is 11.1 Å². The molecule has 2 aromatic carbocycles. The number of nitrogens with one attached hydrogen (secondary N) is 2. The molecule has 1 saturated heterocycles. The maximum absolute atomic E-state index is 13.5. The number of hydrogen-bond acceptors (Lipinski definition) is 4. The van der Waals surface area contributed by atoms with Gasteiger partial charge in [-0.05, 0) is 49.1 Å². The van der Waals surface area contributed by atoms with Crippen LogP contribution in [-0.2, 0) is 16.1 Å². The van der Waals surface area contributed by atoms with Gasteiger partial charge in [0, 0.05) is 21.9 Å². The molecule has 0 unspecified atom stereocenters. The van der Waals surface area contributed by atoms with Gasteiger partial charge in [-0.1, -0.05) is 55.8 Å². The molecule has 0 spiro atoms. The zero-order chi connectivity index (χ0) is 23.9. The quantitative estimate of drug-likeness (QED) is 0.644. The lowest BCUT2D eigenvalue weighted by Gasteiger charge is -2.32. The van der Waals surface area contributed by atoms with Crippen molar-refractivity contribution in [3.63, 3.8) is 0 Å². The van der Waals surface area contributed by atoms with E-state index in [1.165, 1.54) is 0 Å². The van der Waals surface area contributed by atoms with Gasteiger partial charge in [-0.25, -0.2) is 0 Å². The number of benzene rings is 2. The summed E-state index contributed by atoms with van der Waals surface area (Å²) in [6, 6.07) is 13.3. The van der Waals surface area contributed by atoms with Crippen LogP contribution in [0.1, 0.15) is 54.6 Å². The smallest absolute Gasteiger partial charge is 0.256 e. The molecule has 8 heteroatoms. The van der Waals surface area contributed by atoms with Crippen molar-refractivity contribution >= 4 is 41.1 Å². The molecule has 4 rings (SSSR count). The van der Waals surface area contributed by atoms with Crippen molar-refractivity contribution < 1.29 is 14.4 Å². The first-order chi connectivity index (χ1) is 15.6. The van der Waals surface area contributed by atoms with Crippen molar-refractivity contribution in [2.75, 3.05) is 0 Å². The molecule has 2 aromatic rings. The van der Waals surface area contributed by atoms with Crippen LogP contribution in [0.5, 0.6) is 0 Å². The molecular formula is C25H28ClN3O3S. The molecular weight excluding hydrogens is 458 g/mol. The van der Waals surface area contributed by atoms with E-state index in [4.69, 9.17) is 11.6 Å². The predicted octanol–water partition coefficient (Wildman–Crippen LogP) is 4.15. The van der Waals surface area contributed by atoms with Gasteiger partial charge in [0.25, 0.3) is 5.91 Å². The Morgan fingerprint density at radius 3 is 2.45 bits per heavy atom. The maximum Gasteiger partial charge on any atom is 0.256 e. The SMILES string of the molecule is CC(C)[C@H](NC(=O)[C@H]1N2C(=O)c3ccccc3[C@H]2SC1(C)C)C(=O)NCc1ccc(Cl)cc1. The molecule has 2 aliphatic rings. The monoisotopic (exact) mass is 485 g/mol. The van der Waals surface area contributed by atoms with Crippen LogP contribution in [0.3, 0.4) is 0 Å². The summed E-state index contributed by atoms with van der Waals surface area (Å²) in [5.41, 5.74) is 2.50. The number of fused-ring (bicyclic) bond motifs is 3. The van der Waals surface area contributed by atoms with Crippen LogP contribution in [0.4, 0.5) is 0 Å². The lowest BCUT2D eigenvalue weighted by molar-refractivity contribution is -0.132. The van der Waals surface area contributed by atoms with Gasteiger partial charge in [-0.2, -0.15) is 0 Å². The van der Waals surface area contributed by atoms with Crippen molar-refractivity contribution in [3.8, 4) is 0 Å². The average molecular weight is 486 g/mol. The number of rotatable bonds is 6. The Morgan fingerprint density at radius 2 is 1.79 bits per heavy atom. The molecule has 6 nitrogen and oxygen atoms in total. The Morgan fingerprint density at radius 1 is 1.12 bits per heavy atom. The second-order valence-corrected chi connectivity index (χ2v) is 11.5. The Labute approximate surface area is 203 Å². The van der Waals surface area contributed by atoms with E-state index in [1.807, 2.05) is 58.0 Å². The molecule has 2 heterocycles. The first-order valence-electron chi connectivity index (χ1n) is 11.0. The Hall–Kier alpha value is -2.51. The van der Waals surface area contributed by atoms with Crippen molar-refractivity contribution in [2.24, 2.45) is 5.92 Å². The Balaban J connectivity index is 1.49. The lowest BCUT2D eigenvalue weighted by Crippen LogP contribution is -2.58. The van der Waals surface area contributed by atoms with Crippen LogP contribution in [-0.4, -0.2) is 39.5 Å². The predicted molar refractivity (Wildman–Crippen MR) is 131 cm³/mol. The zero-order valence-corrected chi connectivity index (χ0v) is 20.7. The van der Waals surface area contributed by atoms with Gasteiger partial charge in [-0.15, -0.1) is 11.8 Å². The van der Waals surface area contributed by atoms with Crippen LogP contribution in [0.15, 0.2) is 48.5 Å². The van der Waals surface area contributed by atoms with Gasteiger partial charge in [-0.3, -0.25) is 14.4 Å². The molecule has 33 heavy (non-hydrogen) atoms. The normalized spacial score (nSPS) is 21.5. The van der Waals surface area contributed by atoms with Gasteiger partial charge >= 0.3 is 0 Å². The summed E-state index contributed by atoms with van der Waals surface area (Å²) in [4.78, 5) is 41.3. The minimum atomic E-state index is -0.718. The third kappa shape index (κ3) is 4.49. The summed E-state index contributed by atoms with van der Waals surface area (Å²) in [5.74, 6) is -0.832. The van der Waals surface area contributed by atoms with Gasteiger partial charge < -0.3 is 15.5 Å². The highest BCUT2D eigenvalue weighted by Crippen LogP contribution is 2.56. The number of halogens is 1. The molecule has 0 aromatic heterocycles. The first kappa shape index (κ1) is 23.6. The lowest BCUT2D eigenvalue weighted by atomic mass is 9.98. The summed E-state index contributed by atoms with van der Waals surface area (Å²) >= 11 is 7.53. The van der Waals surface area contributed by atoms with Crippen molar-refractivity contribution in [1.29, 1.82) is 0 Å². The second kappa shape index (κ2) is 9.03. The number of nitrogens with zero attached hydrogens (tertiary/aromatic N) is 1. The van der Waals surface area contributed by atoms with Crippen LogP contribution in [0.2, 0.25) is 5.02 Å². The number of hydrogen-bond donors (Lipinski definition) is 2. The molecule has 1 fully saturated rings. The standard InChI is InChI=1S/C25H28ClN3O3S/c1-14(2)19(21(30)27-13-15-9-11-16(26)12-10-15)28-22(31)20-25(3,4)33-24-18-8-6-5-7-17(18)23(32)29(20)24/h5-12,14,19-20,24H,13H2,1-4H3,(H,27,30)(H,28,31)/t19-,20+,24+/m0/s1. The van der Waals surface area contributed by atoms with Crippen LogP contribution >= 0.6 is 23.4 Å². The summed E-state index contributed by atoms with van der Waals surface area (Å²) < 4.78 is -0.501. The van der Waals surface area contributed by atoms with E-state index < -0.39 is 16.8 Å². The van der Waals surface area contributed by atoms with Crippen molar-refractivity contribution in [1.82, 2.24) is 15.5 Å². The number of carbonyl (C=O) groups excluding carboxylic acids is 3. The van der Waals surface area contributed by atoms with Crippen LogP contribution in [0, 0.1) is 5.92 Å². The fourth-order valence-corrected chi connectivity index (χ4v) is 6.19. The van der Waals surface area contributed by atoms with E-state index in [0.29, 0.717) is 17.1 Å². The molecule has 3 atom stereocenters. The number of amides is 3. The van der Waals surface area contributed by atoms with E-state index in [2.05, 4.69) is 10.6 Å². The Bertz CT molecular complexity index is 1090. The van der Waals surface area contributed by atoms with Crippen molar-refractivity contribution in [2.45, 2.75) is 56.4 Å². The maximum atomic E-state index is 13.5. The van der Waals surface area contributed by atoms with Crippen LogP contribution in [0.25, 0.3) is 0 Å². The Kier molecular flexibility index (Phi) is 6.47. The largest absolute Gasteiger partial charge is 0.350 e. The summed E-state index contributed by atoms with van der Waals surface area (Å²) in [6.45, 7) is 8.06. The van der Waals surface area contributed by atoms with E-state index >= 15 is 0 Å². The third-order valence-corrected chi connectivity index (χ3v) is 7.96. The molecule has 2 N–H and O–H groups in total. The molecule has 174 valence electrons. The highest BCUT2D eigenvalue weighted by molar-refractivity contribution is 8.01. The highest BCUT2D eigenvalue weighted by atomic mass is 35.5. The van der Waals surface area contributed by atoms with Gasteiger partial charge in [0.15, 0.2) is 0 Å². The van der Waals surface area contributed by atoms with Crippen LogP contribution < -0.4 is 10.6 Å². The summed E-state index contributed by atoms with van der Waals surface area (Å²) in [6.07, 6.45) is 0. The second-order valence-electron chi connectivity index (χ2n) is 9.35. The zero-order valence-electron chi connectivity index (χ0n) is 19.1. The fourth-order valence-electron chi connectivity index (χ4n) is 4.47. The molecule has 0 bridgehead atoms. The highest BCUT2D eigenvalue weighted by Gasteiger charge is 2.57. The first-order valence-corrected chi connectivity index (χ1v) is 12.3. The molecule has 2 aliphatic heterocycles. The molecule has 0 saturated carbocycles. The number of carbonyl (C=O) groups is 3. The minimum absolute atomic E-state index is 0.126. The van der Waals surface area contributed by atoms with Crippen molar-refractivity contribution in [3.05, 3.63) is 70.2 Å². The minimum Gasteiger partial charge on any atom is -0.350 e. The summed E-state index contributed by atoms with van der Waals surface area (Å²) in [5, 5.41) is 6.28. The molecule has 3 amide bonds. The summed E-state index contributed by atoms with van der Waals surface area (Å²) in [7, 11) is 0. The fraction of sp³-hybridized carbons (Fsp3) is 0.400. The van der Waals surface area contributed by atoms with Gasteiger partial charge in [0.1, 0.15) is 17.5 Å². The van der Waals surface area contributed by atoms with E-state index in [1.54, 1.807) is 34.9 Å².